The third-order valence-electron chi connectivity index (χ3n) is 3.46. The van der Waals surface area contributed by atoms with E-state index in [9.17, 15) is 9.18 Å². The van der Waals surface area contributed by atoms with Crippen LogP contribution in [0.5, 0.6) is 0 Å². The third kappa shape index (κ3) is 3.95. The van der Waals surface area contributed by atoms with Gasteiger partial charge in [0.15, 0.2) is 0 Å². The van der Waals surface area contributed by atoms with Gasteiger partial charge in [0.25, 0.3) is 0 Å². The number of hydrogen-bond acceptors (Lipinski definition) is 3. The van der Waals surface area contributed by atoms with Crippen LogP contribution in [0.25, 0.3) is 0 Å². The van der Waals surface area contributed by atoms with Gasteiger partial charge in [-0.05, 0) is 42.0 Å². The molecule has 1 heterocycles. The van der Waals surface area contributed by atoms with E-state index in [4.69, 9.17) is 4.84 Å². The Labute approximate surface area is 138 Å². The molecule has 24 heavy (non-hydrogen) atoms. The molecule has 0 fully saturated rings. The fraction of sp³-hybridized carbons (Fsp3) is 0.0526. The quantitative estimate of drug-likeness (QED) is 0.407. The van der Waals surface area contributed by atoms with Gasteiger partial charge in [-0.3, -0.25) is 0 Å². The van der Waals surface area contributed by atoms with Crippen LogP contribution >= 0.6 is 0 Å². The zero-order valence-corrected chi connectivity index (χ0v) is 12.8. The Kier molecular flexibility index (Phi) is 4.81. The van der Waals surface area contributed by atoms with E-state index >= 15 is 0 Å². The summed E-state index contributed by atoms with van der Waals surface area (Å²) in [5.74, 6) is -0.774. The molecule has 0 spiro atoms. The van der Waals surface area contributed by atoms with Crippen LogP contribution in [0.4, 0.5) is 4.39 Å². The molecule has 0 unspecified atom stereocenters. The van der Waals surface area contributed by atoms with Gasteiger partial charge >= 0.3 is 5.97 Å². The number of carbonyl (C=O) groups is 1. The number of nitrogens with zero attached hydrogens (tertiary/aromatic N) is 2. The van der Waals surface area contributed by atoms with Gasteiger partial charge in [0.2, 0.25) is 0 Å². The molecule has 3 rings (SSSR count). The largest absolute Gasteiger partial charge is 0.365 e. The fourth-order valence-corrected chi connectivity index (χ4v) is 2.23. The lowest BCUT2D eigenvalue weighted by Crippen LogP contribution is -2.04. The summed E-state index contributed by atoms with van der Waals surface area (Å²) in [6.45, 7) is 0.571. The maximum atomic E-state index is 13.0. The van der Waals surface area contributed by atoms with Crippen molar-refractivity contribution in [1.82, 2.24) is 4.57 Å². The smallest absolute Gasteiger partial charge is 0.342 e. The lowest BCUT2D eigenvalue weighted by Gasteiger charge is -2.06. The molecule has 0 saturated carbocycles. The lowest BCUT2D eigenvalue weighted by molar-refractivity contribution is 0.0519. The van der Waals surface area contributed by atoms with E-state index in [1.807, 2.05) is 29.0 Å². The molecular formula is C19H15FN2O2. The number of oxime groups is 1. The minimum absolute atomic E-state index is 0.263. The van der Waals surface area contributed by atoms with E-state index in [2.05, 4.69) is 5.16 Å². The highest BCUT2D eigenvalue weighted by Gasteiger charge is 2.05. The summed E-state index contributed by atoms with van der Waals surface area (Å²) >= 11 is 0. The first-order chi connectivity index (χ1) is 11.7. The number of benzene rings is 2. The number of carbonyl (C=O) groups excluding carboxylic acids is 1. The van der Waals surface area contributed by atoms with Crippen molar-refractivity contribution in [2.45, 2.75) is 6.54 Å². The summed E-state index contributed by atoms with van der Waals surface area (Å²) in [6, 6.07) is 18.7. The first-order valence-corrected chi connectivity index (χ1v) is 7.42. The van der Waals surface area contributed by atoms with Gasteiger partial charge < -0.3 is 9.40 Å². The summed E-state index contributed by atoms with van der Waals surface area (Å²) in [4.78, 5) is 16.7. The fourth-order valence-electron chi connectivity index (χ4n) is 2.23. The Bertz CT molecular complexity index is 839. The van der Waals surface area contributed by atoms with E-state index in [1.165, 1.54) is 18.3 Å². The average Bonchev–Trinajstić information content (AvgIpc) is 3.05. The SMILES string of the molecule is O=C(O/N=C/c1cccn1Cc1ccc(F)cc1)c1ccccc1. The highest BCUT2D eigenvalue weighted by molar-refractivity contribution is 5.89. The number of hydrogen-bond donors (Lipinski definition) is 0. The summed E-state index contributed by atoms with van der Waals surface area (Å²) < 4.78 is 14.9. The van der Waals surface area contributed by atoms with Crippen LogP contribution in [0.2, 0.25) is 0 Å². The van der Waals surface area contributed by atoms with Crippen LogP contribution in [0.1, 0.15) is 21.6 Å². The molecule has 5 heteroatoms. The first-order valence-electron chi connectivity index (χ1n) is 7.42. The van der Waals surface area contributed by atoms with Crippen molar-refractivity contribution < 1.29 is 14.0 Å². The van der Waals surface area contributed by atoms with Gasteiger partial charge in [-0.2, -0.15) is 0 Å². The van der Waals surface area contributed by atoms with Crippen LogP contribution < -0.4 is 0 Å². The summed E-state index contributed by atoms with van der Waals surface area (Å²) in [5, 5.41) is 3.75. The standard InChI is InChI=1S/C19H15FN2O2/c20-17-10-8-15(9-11-17)14-22-12-4-7-18(22)13-21-24-19(23)16-5-2-1-3-6-16/h1-13H,14H2/b21-13+. The monoisotopic (exact) mass is 322 g/mol. The van der Waals surface area contributed by atoms with Crippen LogP contribution in [0, 0.1) is 5.82 Å². The predicted molar refractivity (Wildman–Crippen MR) is 89.4 cm³/mol. The molecule has 0 amide bonds. The average molecular weight is 322 g/mol. The van der Waals surface area contributed by atoms with Crippen LogP contribution in [-0.2, 0) is 11.4 Å². The van der Waals surface area contributed by atoms with Crippen molar-refractivity contribution in [2.24, 2.45) is 5.16 Å². The minimum atomic E-state index is -0.511. The van der Waals surface area contributed by atoms with E-state index in [1.54, 1.807) is 36.4 Å². The molecule has 1 aromatic heterocycles. The summed E-state index contributed by atoms with van der Waals surface area (Å²) in [7, 11) is 0. The van der Waals surface area contributed by atoms with Gasteiger partial charge in [-0.1, -0.05) is 35.5 Å². The Balaban J connectivity index is 1.65. The molecule has 0 saturated heterocycles. The number of halogens is 1. The van der Waals surface area contributed by atoms with Gasteiger partial charge in [0, 0.05) is 12.7 Å². The van der Waals surface area contributed by atoms with Gasteiger partial charge in [0.05, 0.1) is 17.5 Å². The van der Waals surface area contributed by atoms with Crippen molar-refractivity contribution in [1.29, 1.82) is 0 Å². The molecule has 0 aliphatic carbocycles. The molecule has 4 nitrogen and oxygen atoms in total. The van der Waals surface area contributed by atoms with E-state index in [0.29, 0.717) is 12.1 Å². The van der Waals surface area contributed by atoms with E-state index < -0.39 is 5.97 Å². The number of rotatable bonds is 5. The van der Waals surface area contributed by atoms with E-state index in [-0.39, 0.29) is 5.82 Å². The first kappa shape index (κ1) is 15.7. The normalized spacial score (nSPS) is 10.9. The Hall–Kier alpha value is -3.21. The van der Waals surface area contributed by atoms with Gasteiger partial charge in [-0.15, -0.1) is 0 Å². The summed E-state index contributed by atoms with van der Waals surface area (Å²) in [5.41, 5.74) is 2.18. The maximum absolute atomic E-state index is 13.0. The number of aromatic nitrogens is 1. The molecule has 0 radical (unpaired) electrons. The van der Waals surface area contributed by atoms with Crippen LogP contribution in [-0.4, -0.2) is 16.8 Å². The molecule has 0 N–H and O–H groups in total. The Morgan fingerprint density at radius 2 is 1.79 bits per heavy atom. The predicted octanol–water partition coefficient (Wildman–Crippen LogP) is 3.87. The molecule has 3 aromatic rings. The Morgan fingerprint density at radius 3 is 2.54 bits per heavy atom. The second kappa shape index (κ2) is 7.37. The van der Waals surface area contributed by atoms with Crippen molar-refractivity contribution in [3.8, 4) is 0 Å². The summed E-state index contributed by atoms with van der Waals surface area (Å²) in [6.07, 6.45) is 3.36. The molecule has 0 aliphatic heterocycles. The zero-order chi connectivity index (χ0) is 16.8. The third-order valence-corrected chi connectivity index (χ3v) is 3.46. The van der Waals surface area contributed by atoms with Gasteiger partial charge in [-0.25, -0.2) is 9.18 Å². The second-order valence-corrected chi connectivity index (χ2v) is 5.17. The topological polar surface area (TPSA) is 43.6 Å². The zero-order valence-electron chi connectivity index (χ0n) is 12.8. The lowest BCUT2D eigenvalue weighted by atomic mass is 10.2. The van der Waals surface area contributed by atoms with Crippen LogP contribution in [0.15, 0.2) is 78.1 Å². The second-order valence-electron chi connectivity index (χ2n) is 5.17. The van der Waals surface area contributed by atoms with Crippen LogP contribution in [0.3, 0.4) is 0 Å². The maximum Gasteiger partial charge on any atom is 0.365 e. The van der Waals surface area contributed by atoms with Crippen molar-refractivity contribution >= 4 is 12.2 Å². The van der Waals surface area contributed by atoms with E-state index in [0.717, 1.165) is 11.3 Å². The molecular weight excluding hydrogens is 307 g/mol. The van der Waals surface area contributed by atoms with Gasteiger partial charge in [0.1, 0.15) is 5.82 Å². The Morgan fingerprint density at radius 1 is 1.04 bits per heavy atom. The molecule has 0 bridgehead atoms. The molecule has 120 valence electrons. The molecule has 2 aromatic carbocycles. The minimum Gasteiger partial charge on any atom is -0.342 e. The molecule has 0 aliphatic rings. The molecule has 0 atom stereocenters. The van der Waals surface area contributed by atoms with Crippen molar-refractivity contribution in [3.63, 3.8) is 0 Å². The highest BCUT2D eigenvalue weighted by atomic mass is 19.1. The van der Waals surface area contributed by atoms with Crippen molar-refractivity contribution in [3.05, 3.63) is 95.6 Å². The highest BCUT2D eigenvalue weighted by Crippen LogP contribution is 2.08. The van der Waals surface area contributed by atoms with Crippen molar-refractivity contribution in [2.75, 3.05) is 0 Å².